The van der Waals surface area contributed by atoms with Crippen LogP contribution in [0.1, 0.15) is 36.2 Å². The molecule has 1 heterocycles. The molecule has 21 heavy (non-hydrogen) atoms. The number of halogens is 1. The second kappa shape index (κ2) is 7.76. The van der Waals surface area contributed by atoms with E-state index in [0.29, 0.717) is 5.92 Å². The van der Waals surface area contributed by atoms with E-state index < -0.39 is 0 Å². The summed E-state index contributed by atoms with van der Waals surface area (Å²) < 4.78 is 3.14. The van der Waals surface area contributed by atoms with Crippen molar-refractivity contribution in [2.75, 3.05) is 13.1 Å². The summed E-state index contributed by atoms with van der Waals surface area (Å²) in [4.78, 5) is 0. The lowest BCUT2D eigenvalue weighted by atomic mass is 9.94. The van der Waals surface area contributed by atoms with E-state index >= 15 is 0 Å². The van der Waals surface area contributed by atoms with Gasteiger partial charge in [0.25, 0.3) is 0 Å². The molecular formula is C17H24BrN3. The van der Waals surface area contributed by atoms with Gasteiger partial charge in [-0.1, -0.05) is 37.3 Å². The molecule has 0 aliphatic heterocycles. The van der Waals surface area contributed by atoms with Crippen molar-refractivity contribution in [3.8, 4) is 0 Å². The number of nitrogens with one attached hydrogen (secondary N) is 1. The molecule has 2 aromatic rings. The molecule has 0 fully saturated rings. The first kappa shape index (κ1) is 16.2. The van der Waals surface area contributed by atoms with Crippen LogP contribution >= 0.6 is 15.9 Å². The Balaban J connectivity index is 2.19. The molecule has 0 saturated heterocycles. The fourth-order valence-corrected chi connectivity index (χ4v) is 3.12. The third-order valence-electron chi connectivity index (χ3n) is 3.79. The van der Waals surface area contributed by atoms with Gasteiger partial charge in [-0.15, -0.1) is 0 Å². The van der Waals surface area contributed by atoms with Crippen LogP contribution in [-0.2, 0) is 13.5 Å². The molecule has 1 unspecified atom stereocenters. The van der Waals surface area contributed by atoms with Crippen LogP contribution in [-0.4, -0.2) is 22.9 Å². The predicted octanol–water partition coefficient (Wildman–Crippen LogP) is 3.82. The van der Waals surface area contributed by atoms with Crippen LogP contribution in [0, 0.1) is 6.92 Å². The zero-order chi connectivity index (χ0) is 15.2. The largest absolute Gasteiger partial charge is 0.316 e. The normalized spacial score (nSPS) is 12.6. The van der Waals surface area contributed by atoms with Crippen LogP contribution in [0.15, 0.2) is 34.8 Å². The lowest BCUT2D eigenvalue weighted by Crippen LogP contribution is -2.24. The summed E-state index contributed by atoms with van der Waals surface area (Å²) in [5.74, 6) is 0.462. The number of hydrogen-bond acceptors (Lipinski definition) is 2. The second-order valence-corrected chi connectivity index (χ2v) is 6.28. The van der Waals surface area contributed by atoms with Gasteiger partial charge in [0.1, 0.15) is 0 Å². The first-order chi connectivity index (χ1) is 10.1. The fraction of sp³-hybridized carbons (Fsp3) is 0.471. The van der Waals surface area contributed by atoms with E-state index in [1.807, 2.05) is 18.7 Å². The minimum Gasteiger partial charge on any atom is -0.316 e. The van der Waals surface area contributed by atoms with Gasteiger partial charge in [-0.05, 0) is 47.8 Å². The molecule has 114 valence electrons. The van der Waals surface area contributed by atoms with E-state index in [2.05, 4.69) is 63.6 Å². The number of aromatic nitrogens is 2. The first-order valence-electron chi connectivity index (χ1n) is 7.57. The molecule has 1 aromatic carbocycles. The molecule has 0 spiro atoms. The smallest absolute Gasteiger partial charge is 0.0738 e. The minimum absolute atomic E-state index is 0.462. The molecule has 0 aliphatic rings. The van der Waals surface area contributed by atoms with Gasteiger partial charge in [0.05, 0.1) is 15.9 Å². The average molecular weight is 350 g/mol. The Labute approximate surface area is 135 Å². The number of nitrogens with zero attached hydrogens (tertiary/aromatic N) is 2. The highest BCUT2D eigenvalue weighted by Crippen LogP contribution is 2.27. The summed E-state index contributed by atoms with van der Waals surface area (Å²) in [5, 5.41) is 8.06. The van der Waals surface area contributed by atoms with Gasteiger partial charge in [-0.25, -0.2) is 0 Å². The Bertz CT molecular complexity index is 563. The van der Waals surface area contributed by atoms with Crippen molar-refractivity contribution in [1.82, 2.24) is 15.1 Å². The summed E-state index contributed by atoms with van der Waals surface area (Å²) in [7, 11) is 2.02. The molecule has 0 bridgehead atoms. The Morgan fingerprint density at radius 2 is 2.00 bits per heavy atom. The highest BCUT2D eigenvalue weighted by Gasteiger charge is 2.18. The van der Waals surface area contributed by atoms with Crippen molar-refractivity contribution in [3.63, 3.8) is 0 Å². The average Bonchev–Trinajstić information content (AvgIpc) is 2.73. The third-order valence-corrected chi connectivity index (χ3v) is 4.82. The molecule has 0 saturated carbocycles. The summed E-state index contributed by atoms with van der Waals surface area (Å²) in [6, 6.07) is 10.7. The molecule has 1 N–H and O–H groups in total. The fourth-order valence-electron chi connectivity index (χ4n) is 2.62. The van der Waals surface area contributed by atoms with E-state index in [0.717, 1.165) is 36.1 Å². The first-order valence-corrected chi connectivity index (χ1v) is 8.36. The molecule has 2 rings (SSSR count). The van der Waals surface area contributed by atoms with Crippen molar-refractivity contribution in [2.24, 2.45) is 7.05 Å². The van der Waals surface area contributed by atoms with E-state index in [1.165, 1.54) is 11.3 Å². The lowest BCUT2D eigenvalue weighted by Gasteiger charge is -2.18. The van der Waals surface area contributed by atoms with Crippen LogP contribution in [0.3, 0.4) is 0 Å². The maximum Gasteiger partial charge on any atom is 0.0738 e. The van der Waals surface area contributed by atoms with Gasteiger partial charge < -0.3 is 5.32 Å². The molecule has 0 amide bonds. The molecule has 0 radical (unpaired) electrons. The topological polar surface area (TPSA) is 29.9 Å². The monoisotopic (exact) mass is 349 g/mol. The molecule has 3 nitrogen and oxygen atoms in total. The standard InChI is InChI=1S/C17H24BrN3/c1-4-10-19-12-15(14-8-6-5-7-9-14)11-16-17(18)13(2)20-21(16)3/h5-9,15,19H,4,10-12H2,1-3H3. The molecule has 1 atom stereocenters. The van der Waals surface area contributed by atoms with Crippen molar-refractivity contribution < 1.29 is 0 Å². The van der Waals surface area contributed by atoms with Gasteiger partial charge in [-0.3, -0.25) is 4.68 Å². The Morgan fingerprint density at radius 3 is 2.57 bits per heavy atom. The van der Waals surface area contributed by atoms with Gasteiger partial charge in [0.15, 0.2) is 0 Å². The van der Waals surface area contributed by atoms with Crippen molar-refractivity contribution in [3.05, 3.63) is 51.8 Å². The minimum atomic E-state index is 0.462. The van der Waals surface area contributed by atoms with Crippen LogP contribution in [0.2, 0.25) is 0 Å². The van der Waals surface area contributed by atoms with E-state index in [1.54, 1.807) is 0 Å². The summed E-state index contributed by atoms with van der Waals surface area (Å²) in [6.45, 7) is 6.30. The van der Waals surface area contributed by atoms with Crippen LogP contribution < -0.4 is 5.32 Å². The van der Waals surface area contributed by atoms with Crippen molar-refractivity contribution in [1.29, 1.82) is 0 Å². The summed E-state index contributed by atoms with van der Waals surface area (Å²) in [5.41, 5.74) is 3.70. The lowest BCUT2D eigenvalue weighted by molar-refractivity contribution is 0.556. The van der Waals surface area contributed by atoms with E-state index in [4.69, 9.17) is 0 Å². The molecule has 4 heteroatoms. The zero-order valence-electron chi connectivity index (χ0n) is 13.1. The maximum absolute atomic E-state index is 4.50. The predicted molar refractivity (Wildman–Crippen MR) is 91.7 cm³/mol. The Kier molecular flexibility index (Phi) is 6.00. The molecule has 0 aliphatic carbocycles. The summed E-state index contributed by atoms with van der Waals surface area (Å²) >= 11 is 3.68. The van der Waals surface area contributed by atoms with E-state index in [-0.39, 0.29) is 0 Å². The van der Waals surface area contributed by atoms with E-state index in [9.17, 15) is 0 Å². The van der Waals surface area contributed by atoms with Crippen LogP contribution in [0.25, 0.3) is 0 Å². The second-order valence-electron chi connectivity index (χ2n) is 5.49. The number of aryl methyl sites for hydroxylation is 2. The maximum atomic E-state index is 4.50. The summed E-state index contributed by atoms with van der Waals surface area (Å²) in [6.07, 6.45) is 2.15. The Morgan fingerprint density at radius 1 is 1.29 bits per heavy atom. The quantitative estimate of drug-likeness (QED) is 0.770. The molecular weight excluding hydrogens is 326 g/mol. The number of rotatable bonds is 7. The SMILES string of the molecule is CCCNCC(Cc1c(Br)c(C)nn1C)c1ccccc1. The highest BCUT2D eigenvalue weighted by atomic mass is 79.9. The number of benzene rings is 1. The van der Waals surface area contributed by atoms with Crippen molar-refractivity contribution >= 4 is 15.9 Å². The highest BCUT2D eigenvalue weighted by molar-refractivity contribution is 9.10. The third kappa shape index (κ3) is 4.17. The van der Waals surface area contributed by atoms with Gasteiger partial charge in [0, 0.05) is 19.5 Å². The van der Waals surface area contributed by atoms with Gasteiger partial charge in [-0.2, -0.15) is 5.10 Å². The zero-order valence-corrected chi connectivity index (χ0v) is 14.7. The van der Waals surface area contributed by atoms with Crippen LogP contribution in [0.5, 0.6) is 0 Å². The van der Waals surface area contributed by atoms with Crippen LogP contribution in [0.4, 0.5) is 0 Å². The van der Waals surface area contributed by atoms with Gasteiger partial charge in [0.2, 0.25) is 0 Å². The molecule has 1 aromatic heterocycles. The van der Waals surface area contributed by atoms with Gasteiger partial charge >= 0.3 is 0 Å². The number of hydrogen-bond donors (Lipinski definition) is 1. The van der Waals surface area contributed by atoms with Crippen molar-refractivity contribution in [2.45, 2.75) is 32.6 Å². The Hall–Kier alpha value is -1.13.